The smallest absolute Gasteiger partial charge is 0.408 e. The Kier molecular flexibility index (Phi) is 7.93. The molecule has 29 heavy (non-hydrogen) atoms. The van der Waals surface area contributed by atoms with Gasteiger partial charge in [-0.25, -0.2) is 14.4 Å². The van der Waals surface area contributed by atoms with Crippen LogP contribution in [0.3, 0.4) is 0 Å². The molecule has 0 spiro atoms. The van der Waals surface area contributed by atoms with E-state index in [0.29, 0.717) is 12.8 Å². The minimum atomic E-state index is -1.09. The standard InChI is InChI=1S/C10H17NO4.C10H19NO3/c1-9(2,3)15-8(14)11-10(7(12)13)5-4-6-10;1-9(2,3)14-8(13)11-10(7-12)5-4-6-10/h4-6H2,1-3H3,(H,11,14)(H,12,13);12H,4-7H2,1-3H3,(H,11,13). The van der Waals surface area contributed by atoms with Gasteiger partial charge in [-0.3, -0.25) is 0 Å². The molecule has 0 aromatic rings. The van der Waals surface area contributed by atoms with Crippen LogP contribution in [0, 0.1) is 0 Å². The van der Waals surface area contributed by atoms with Gasteiger partial charge in [0, 0.05) is 0 Å². The number of nitrogens with one attached hydrogen (secondary N) is 2. The van der Waals surface area contributed by atoms with Crippen molar-refractivity contribution in [2.75, 3.05) is 6.61 Å². The van der Waals surface area contributed by atoms with Crippen LogP contribution in [0.4, 0.5) is 9.59 Å². The number of aliphatic hydroxyl groups is 1. The zero-order valence-electron chi connectivity index (χ0n) is 18.4. The molecule has 2 saturated carbocycles. The molecule has 0 aromatic carbocycles. The number of carboxylic acids is 1. The summed E-state index contributed by atoms with van der Waals surface area (Å²) in [5, 5.41) is 23.2. The predicted octanol–water partition coefficient (Wildman–Crippen LogP) is 2.94. The SMILES string of the molecule is CC(C)(C)OC(=O)NC1(C(=O)O)CCC1.CC(C)(C)OC(=O)NC1(CO)CCC1. The lowest BCUT2D eigenvalue weighted by atomic mass is 9.77. The first-order valence-corrected chi connectivity index (χ1v) is 9.99. The molecule has 0 aromatic heterocycles. The molecule has 4 N–H and O–H groups in total. The number of alkyl carbamates (subject to hydrolysis) is 2. The van der Waals surface area contributed by atoms with Crippen LogP contribution in [0.1, 0.15) is 80.1 Å². The van der Waals surface area contributed by atoms with E-state index < -0.39 is 40.4 Å². The van der Waals surface area contributed by atoms with Crippen molar-refractivity contribution in [2.24, 2.45) is 0 Å². The van der Waals surface area contributed by atoms with Crippen LogP contribution in [-0.4, -0.2) is 57.3 Å². The lowest BCUT2D eigenvalue weighted by Gasteiger charge is -2.41. The number of carboxylic acid groups (broad SMARTS) is 1. The van der Waals surface area contributed by atoms with E-state index in [1.807, 2.05) is 20.8 Å². The zero-order chi connectivity index (χ0) is 22.5. The Balaban J connectivity index is 0.000000291. The summed E-state index contributed by atoms with van der Waals surface area (Å²) in [6.45, 7) is 10.7. The highest BCUT2D eigenvalue weighted by Gasteiger charge is 2.46. The van der Waals surface area contributed by atoms with Gasteiger partial charge in [-0.05, 0) is 80.1 Å². The topological polar surface area (TPSA) is 134 Å². The van der Waals surface area contributed by atoms with Crippen LogP contribution in [-0.2, 0) is 14.3 Å². The molecule has 2 rings (SSSR count). The van der Waals surface area contributed by atoms with E-state index in [-0.39, 0.29) is 6.61 Å². The number of hydrogen-bond acceptors (Lipinski definition) is 6. The van der Waals surface area contributed by atoms with Gasteiger partial charge in [0.05, 0.1) is 12.1 Å². The van der Waals surface area contributed by atoms with Gasteiger partial charge in [-0.2, -0.15) is 0 Å². The van der Waals surface area contributed by atoms with Crippen LogP contribution in [0.25, 0.3) is 0 Å². The minimum absolute atomic E-state index is 0.00770. The summed E-state index contributed by atoms with van der Waals surface area (Å²) in [6, 6.07) is 0. The zero-order valence-corrected chi connectivity index (χ0v) is 18.4. The molecule has 0 atom stereocenters. The van der Waals surface area contributed by atoms with E-state index >= 15 is 0 Å². The van der Waals surface area contributed by atoms with Crippen molar-refractivity contribution in [3.8, 4) is 0 Å². The third-order valence-corrected chi connectivity index (χ3v) is 4.74. The first-order valence-electron chi connectivity index (χ1n) is 9.99. The normalized spacial score (nSPS) is 19.3. The van der Waals surface area contributed by atoms with E-state index in [1.165, 1.54) is 0 Å². The third-order valence-electron chi connectivity index (χ3n) is 4.74. The highest BCUT2D eigenvalue weighted by Crippen LogP contribution is 2.32. The van der Waals surface area contributed by atoms with Gasteiger partial charge in [-0.1, -0.05) is 0 Å². The molecule has 0 radical (unpaired) electrons. The number of amides is 2. The Morgan fingerprint density at radius 1 is 0.828 bits per heavy atom. The van der Waals surface area contributed by atoms with Gasteiger partial charge in [0.15, 0.2) is 0 Å². The monoisotopic (exact) mass is 416 g/mol. The van der Waals surface area contributed by atoms with Crippen LogP contribution < -0.4 is 10.6 Å². The number of aliphatic hydroxyl groups excluding tert-OH is 1. The average Bonchev–Trinajstić information content (AvgIpc) is 2.43. The van der Waals surface area contributed by atoms with Crippen molar-refractivity contribution in [1.29, 1.82) is 0 Å². The van der Waals surface area contributed by atoms with E-state index in [9.17, 15) is 14.4 Å². The molecule has 2 aliphatic carbocycles. The highest BCUT2D eigenvalue weighted by molar-refractivity contribution is 5.85. The maximum absolute atomic E-state index is 11.4. The Morgan fingerprint density at radius 3 is 1.48 bits per heavy atom. The summed E-state index contributed by atoms with van der Waals surface area (Å²) < 4.78 is 10.1. The van der Waals surface area contributed by atoms with Crippen LogP contribution in [0.15, 0.2) is 0 Å². The van der Waals surface area contributed by atoms with Crippen LogP contribution in [0.5, 0.6) is 0 Å². The molecular formula is C20H36N2O7. The van der Waals surface area contributed by atoms with Crippen molar-refractivity contribution < 1.29 is 34.1 Å². The summed E-state index contributed by atoms with van der Waals surface area (Å²) in [6.07, 6.45) is 3.39. The Hall–Kier alpha value is -2.03. The van der Waals surface area contributed by atoms with E-state index in [4.69, 9.17) is 19.7 Å². The van der Waals surface area contributed by atoms with Crippen molar-refractivity contribution in [1.82, 2.24) is 10.6 Å². The van der Waals surface area contributed by atoms with Crippen molar-refractivity contribution >= 4 is 18.2 Å². The number of rotatable bonds is 4. The van der Waals surface area contributed by atoms with Crippen molar-refractivity contribution in [3.05, 3.63) is 0 Å². The van der Waals surface area contributed by atoms with Gasteiger partial charge in [0.2, 0.25) is 0 Å². The maximum Gasteiger partial charge on any atom is 0.408 e. The van der Waals surface area contributed by atoms with Crippen molar-refractivity contribution in [3.63, 3.8) is 0 Å². The molecule has 9 nitrogen and oxygen atoms in total. The lowest BCUT2D eigenvalue weighted by molar-refractivity contribution is -0.148. The largest absolute Gasteiger partial charge is 0.480 e. The number of aliphatic carboxylic acids is 1. The predicted molar refractivity (Wildman–Crippen MR) is 107 cm³/mol. The number of carbonyl (C=O) groups is 3. The molecule has 0 aliphatic heterocycles. The Bertz CT molecular complexity index is 591. The fourth-order valence-electron chi connectivity index (χ4n) is 2.87. The molecule has 2 amide bonds. The molecule has 168 valence electrons. The number of ether oxygens (including phenoxy) is 2. The summed E-state index contributed by atoms with van der Waals surface area (Å²) in [5.74, 6) is -0.986. The second-order valence-electron chi connectivity index (χ2n) is 9.79. The van der Waals surface area contributed by atoms with Gasteiger partial charge in [0.25, 0.3) is 0 Å². The molecule has 0 heterocycles. The molecule has 0 saturated heterocycles. The fourth-order valence-corrected chi connectivity index (χ4v) is 2.87. The van der Waals surface area contributed by atoms with Crippen LogP contribution >= 0.6 is 0 Å². The molecule has 2 aliphatic rings. The second-order valence-corrected chi connectivity index (χ2v) is 9.79. The second kappa shape index (κ2) is 9.19. The van der Waals surface area contributed by atoms with Gasteiger partial charge >= 0.3 is 18.2 Å². The van der Waals surface area contributed by atoms with Gasteiger partial charge in [0.1, 0.15) is 16.7 Å². The summed E-state index contributed by atoms with van der Waals surface area (Å²) in [5.41, 5.74) is -2.59. The summed E-state index contributed by atoms with van der Waals surface area (Å²) in [7, 11) is 0. The van der Waals surface area contributed by atoms with E-state index in [1.54, 1.807) is 20.8 Å². The highest BCUT2D eigenvalue weighted by atomic mass is 16.6. The van der Waals surface area contributed by atoms with Crippen molar-refractivity contribution in [2.45, 2.75) is 102 Å². The molecule has 2 fully saturated rings. The number of hydrogen-bond donors (Lipinski definition) is 4. The fraction of sp³-hybridized carbons (Fsp3) is 0.850. The van der Waals surface area contributed by atoms with Crippen LogP contribution in [0.2, 0.25) is 0 Å². The third kappa shape index (κ3) is 8.08. The number of carbonyl (C=O) groups excluding carboxylic acids is 2. The van der Waals surface area contributed by atoms with Gasteiger partial charge < -0.3 is 30.3 Å². The quantitative estimate of drug-likeness (QED) is 0.553. The molecule has 9 heteroatoms. The Morgan fingerprint density at radius 2 is 1.24 bits per heavy atom. The first-order chi connectivity index (χ1) is 13.1. The summed E-state index contributed by atoms with van der Waals surface area (Å²) >= 11 is 0. The van der Waals surface area contributed by atoms with E-state index in [2.05, 4.69) is 10.6 Å². The minimum Gasteiger partial charge on any atom is -0.480 e. The first kappa shape index (κ1) is 25.0. The molecular weight excluding hydrogens is 380 g/mol. The summed E-state index contributed by atoms with van der Waals surface area (Å²) in [4.78, 5) is 33.7. The molecule has 0 unspecified atom stereocenters. The molecule has 0 bridgehead atoms. The Labute approximate surface area is 172 Å². The average molecular weight is 417 g/mol. The lowest BCUT2D eigenvalue weighted by Crippen LogP contribution is -2.59. The maximum atomic E-state index is 11.4. The van der Waals surface area contributed by atoms with Gasteiger partial charge in [-0.15, -0.1) is 0 Å². The van der Waals surface area contributed by atoms with E-state index in [0.717, 1.165) is 25.7 Å².